The van der Waals surface area contributed by atoms with E-state index >= 15 is 0 Å². The van der Waals surface area contributed by atoms with Crippen molar-refractivity contribution in [2.75, 3.05) is 7.11 Å². The number of ether oxygens (including phenoxy) is 1. The molecule has 0 amide bonds. The lowest BCUT2D eigenvalue weighted by Gasteiger charge is -2.19. The molecule has 1 unspecified atom stereocenters. The first kappa shape index (κ1) is 15.1. The molecule has 0 spiro atoms. The molecule has 0 aliphatic rings. The van der Waals surface area contributed by atoms with Gasteiger partial charge in [-0.15, -0.1) is 0 Å². The van der Waals surface area contributed by atoms with Crippen LogP contribution in [0, 0.1) is 0 Å². The summed E-state index contributed by atoms with van der Waals surface area (Å²) in [6.07, 6.45) is -5.21. The lowest BCUT2D eigenvalue weighted by Crippen LogP contribution is -2.40. The monoisotopic (exact) mass is 282 g/mol. The number of nitrogens with one attached hydrogen (secondary N) is 1. The van der Waals surface area contributed by atoms with Gasteiger partial charge in [-0.2, -0.15) is 13.2 Å². The van der Waals surface area contributed by atoms with Crippen molar-refractivity contribution in [2.24, 2.45) is 5.84 Å². The maximum Gasteiger partial charge on any atom is 0.390 e. The number of hydrogen-bond donors (Lipinski definition) is 2. The summed E-state index contributed by atoms with van der Waals surface area (Å²) in [5.74, 6) is 5.62. The summed E-state index contributed by atoms with van der Waals surface area (Å²) in [6, 6.07) is 3.87. The predicted octanol–water partition coefficient (Wildman–Crippen LogP) is 2.68. The van der Waals surface area contributed by atoms with Crippen molar-refractivity contribution in [1.82, 2.24) is 5.43 Å². The number of hydrogen-bond acceptors (Lipinski definition) is 3. The minimum absolute atomic E-state index is 0.0831. The van der Waals surface area contributed by atoms with Gasteiger partial charge >= 0.3 is 6.18 Å². The zero-order valence-electron chi connectivity index (χ0n) is 9.72. The molecule has 1 aromatic rings. The van der Waals surface area contributed by atoms with Gasteiger partial charge in [-0.1, -0.05) is 11.6 Å². The maximum atomic E-state index is 12.3. The van der Waals surface area contributed by atoms with Crippen LogP contribution in [0.2, 0.25) is 5.02 Å². The molecule has 0 aliphatic carbocycles. The van der Waals surface area contributed by atoms with Crippen molar-refractivity contribution < 1.29 is 17.9 Å². The van der Waals surface area contributed by atoms with E-state index in [1.807, 2.05) is 0 Å². The van der Waals surface area contributed by atoms with Gasteiger partial charge in [0.15, 0.2) is 0 Å². The quantitative estimate of drug-likeness (QED) is 0.645. The minimum atomic E-state index is -4.27. The summed E-state index contributed by atoms with van der Waals surface area (Å²) in [6.45, 7) is 0. The molecule has 1 aromatic carbocycles. The topological polar surface area (TPSA) is 47.3 Å². The normalized spacial score (nSPS) is 13.4. The van der Waals surface area contributed by atoms with Crippen LogP contribution in [0.5, 0.6) is 5.75 Å². The number of rotatable bonds is 5. The zero-order valence-corrected chi connectivity index (χ0v) is 10.5. The predicted molar refractivity (Wildman–Crippen MR) is 63.5 cm³/mol. The van der Waals surface area contributed by atoms with Crippen LogP contribution in [-0.2, 0) is 6.42 Å². The van der Waals surface area contributed by atoms with Crippen LogP contribution in [0.25, 0.3) is 0 Å². The zero-order chi connectivity index (χ0) is 13.8. The summed E-state index contributed by atoms with van der Waals surface area (Å²) < 4.78 is 42.0. The van der Waals surface area contributed by atoms with Crippen LogP contribution in [0.3, 0.4) is 0 Å². The lowest BCUT2D eigenvalue weighted by atomic mass is 10.0. The average molecular weight is 283 g/mol. The van der Waals surface area contributed by atoms with E-state index in [4.69, 9.17) is 22.2 Å². The molecule has 7 heteroatoms. The van der Waals surface area contributed by atoms with Gasteiger partial charge in [-0.3, -0.25) is 11.3 Å². The molecular formula is C11H14ClF3N2O. The second-order valence-corrected chi connectivity index (χ2v) is 4.28. The molecule has 0 saturated heterocycles. The van der Waals surface area contributed by atoms with Gasteiger partial charge < -0.3 is 4.74 Å². The van der Waals surface area contributed by atoms with Gasteiger partial charge in [0.05, 0.1) is 13.5 Å². The number of methoxy groups -OCH3 is 1. The third-order valence-corrected chi connectivity index (χ3v) is 2.66. The number of alkyl halides is 3. The molecule has 0 aliphatic heterocycles. The number of benzene rings is 1. The highest BCUT2D eigenvalue weighted by Crippen LogP contribution is 2.27. The molecule has 1 rings (SSSR count). The first-order valence-corrected chi connectivity index (χ1v) is 5.59. The van der Waals surface area contributed by atoms with Gasteiger partial charge in [-0.25, -0.2) is 0 Å². The van der Waals surface area contributed by atoms with Crippen LogP contribution in [0.15, 0.2) is 18.2 Å². The van der Waals surface area contributed by atoms with Gasteiger partial charge in [-0.05, 0) is 30.2 Å². The Morgan fingerprint density at radius 1 is 1.44 bits per heavy atom. The van der Waals surface area contributed by atoms with Gasteiger partial charge in [0.25, 0.3) is 0 Å². The summed E-state index contributed by atoms with van der Waals surface area (Å²) in [5, 5.41) is 0.439. The van der Waals surface area contributed by atoms with Crippen LogP contribution >= 0.6 is 11.6 Å². The fourth-order valence-corrected chi connectivity index (χ4v) is 1.84. The number of halogens is 4. The molecule has 0 aromatic heterocycles. The molecule has 0 bridgehead atoms. The van der Waals surface area contributed by atoms with E-state index in [1.165, 1.54) is 7.11 Å². The number of nitrogens with two attached hydrogens (primary N) is 1. The Hall–Kier alpha value is -0.980. The Morgan fingerprint density at radius 2 is 2.11 bits per heavy atom. The van der Waals surface area contributed by atoms with Crippen molar-refractivity contribution in [3.8, 4) is 5.75 Å². The molecule has 3 nitrogen and oxygen atoms in total. The molecule has 0 radical (unpaired) electrons. The van der Waals surface area contributed by atoms with Crippen LogP contribution < -0.4 is 16.0 Å². The fraction of sp³-hybridized carbons (Fsp3) is 0.455. The largest absolute Gasteiger partial charge is 0.496 e. The molecule has 102 valence electrons. The van der Waals surface area contributed by atoms with E-state index in [2.05, 4.69) is 5.43 Å². The Kier molecular flexibility index (Phi) is 5.25. The third-order valence-electron chi connectivity index (χ3n) is 2.42. The Balaban J connectivity index is 2.84. The standard InChI is InChI=1S/C11H14ClF3N2O/c1-18-10-3-2-8(12)4-7(10)5-9(17-16)6-11(13,14)15/h2-4,9,17H,5-6,16H2,1H3. The highest BCUT2D eigenvalue weighted by molar-refractivity contribution is 6.30. The van der Waals surface area contributed by atoms with E-state index < -0.39 is 18.6 Å². The summed E-state index contributed by atoms with van der Waals surface area (Å²) in [5.41, 5.74) is 2.74. The smallest absolute Gasteiger partial charge is 0.390 e. The molecule has 1 atom stereocenters. The molecule has 0 saturated carbocycles. The van der Waals surface area contributed by atoms with Crippen LogP contribution in [-0.4, -0.2) is 19.3 Å². The highest BCUT2D eigenvalue weighted by Gasteiger charge is 2.31. The summed E-state index contributed by atoms with van der Waals surface area (Å²) in [4.78, 5) is 0. The molecule has 18 heavy (non-hydrogen) atoms. The average Bonchev–Trinajstić information content (AvgIpc) is 2.26. The van der Waals surface area contributed by atoms with E-state index in [-0.39, 0.29) is 6.42 Å². The molecule has 0 fully saturated rings. The molecular weight excluding hydrogens is 269 g/mol. The van der Waals surface area contributed by atoms with Crippen molar-refractivity contribution in [1.29, 1.82) is 0 Å². The lowest BCUT2D eigenvalue weighted by molar-refractivity contribution is -0.140. The van der Waals surface area contributed by atoms with Crippen molar-refractivity contribution >= 4 is 11.6 Å². The SMILES string of the molecule is COc1ccc(Cl)cc1CC(CC(F)(F)F)NN. The second kappa shape index (κ2) is 6.26. The minimum Gasteiger partial charge on any atom is -0.496 e. The molecule has 3 N–H and O–H groups in total. The first-order chi connectivity index (χ1) is 8.35. The Bertz CT molecular complexity index is 398. The Morgan fingerprint density at radius 3 is 2.61 bits per heavy atom. The van der Waals surface area contributed by atoms with Crippen LogP contribution in [0.4, 0.5) is 13.2 Å². The fourth-order valence-electron chi connectivity index (χ4n) is 1.64. The van der Waals surface area contributed by atoms with Gasteiger partial charge in [0.1, 0.15) is 5.75 Å². The van der Waals surface area contributed by atoms with Crippen LogP contribution in [0.1, 0.15) is 12.0 Å². The summed E-state index contributed by atoms with van der Waals surface area (Å²) in [7, 11) is 1.45. The second-order valence-electron chi connectivity index (χ2n) is 3.84. The van der Waals surface area contributed by atoms with Gasteiger partial charge in [0.2, 0.25) is 0 Å². The first-order valence-electron chi connectivity index (χ1n) is 5.21. The van der Waals surface area contributed by atoms with E-state index in [9.17, 15) is 13.2 Å². The summed E-state index contributed by atoms with van der Waals surface area (Å²) >= 11 is 5.80. The van der Waals surface area contributed by atoms with Crippen molar-refractivity contribution in [3.63, 3.8) is 0 Å². The van der Waals surface area contributed by atoms with Crippen molar-refractivity contribution in [3.05, 3.63) is 28.8 Å². The van der Waals surface area contributed by atoms with Crippen molar-refractivity contribution in [2.45, 2.75) is 25.1 Å². The van der Waals surface area contributed by atoms with E-state index in [0.717, 1.165) is 0 Å². The van der Waals surface area contributed by atoms with E-state index in [0.29, 0.717) is 16.3 Å². The Labute approximate surface area is 108 Å². The third kappa shape index (κ3) is 4.72. The molecule has 0 heterocycles. The highest BCUT2D eigenvalue weighted by atomic mass is 35.5. The number of hydrazine groups is 1. The maximum absolute atomic E-state index is 12.3. The van der Waals surface area contributed by atoms with Gasteiger partial charge in [0, 0.05) is 11.1 Å². The van der Waals surface area contributed by atoms with E-state index in [1.54, 1.807) is 18.2 Å².